The molecule has 1 heterocycles. The van der Waals surface area contributed by atoms with Crippen LogP contribution in [0.1, 0.15) is 44.9 Å². The molecule has 24 heavy (non-hydrogen) atoms. The monoisotopic (exact) mass is 339 g/mol. The zero-order chi connectivity index (χ0) is 15.9. The standard InChI is InChI=1S/C22H27OS/c1-2-12-24(11-1)21-10-8-18-14-20(9-7-19(18)15-21)23-22-13-16-3-5-17(22)6-4-16/h7-10,14-17,22H,1-6,11-13H2/q+1. The highest BCUT2D eigenvalue weighted by atomic mass is 32.2. The van der Waals surface area contributed by atoms with Gasteiger partial charge < -0.3 is 4.74 Å². The van der Waals surface area contributed by atoms with Gasteiger partial charge in [-0.15, -0.1) is 0 Å². The van der Waals surface area contributed by atoms with Crippen molar-refractivity contribution >= 4 is 21.7 Å². The van der Waals surface area contributed by atoms with Gasteiger partial charge in [-0.1, -0.05) is 6.07 Å². The molecule has 0 N–H and O–H groups in total. The topological polar surface area (TPSA) is 9.23 Å². The second-order valence-electron chi connectivity index (χ2n) is 7.95. The van der Waals surface area contributed by atoms with Crippen LogP contribution < -0.4 is 4.74 Å². The van der Waals surface area contributed by atoms with E-state index in [4.69, 9.17) is 4.74 Å². The Morgan fingerprint density at radius 1 is 0.833 bits per heavy atom. The number of fused-ring (bicyclic) bond motifs is 4. The Labute approximate surface area is 148 Å². The maximum absolute atomic E-state index is 6.43. The highest BCUT2D eigenvalue weighted by Gasteiger charge is 2.36. The lowest BCUT2D eigenvalue weighted by atomic mass is 9.69. The molecule has 2 aromatic carbocycles. The van der Waals surface area contributed by atoms with E-state index in [1.807, 2.05) is 0 Å². The van der Waals surface area contributed by atoms with Gasteiger partial charge in [-0.25, -0.2) is 0 Å². The van der Waals surface area contributed by atoms with E-state index in [0.717, 1.165) is 17.6 Å². The molecule has 4 aliphatic rings. The lowest BCUT2D eigenvalue weighted by molar-refractivity contribution is 0.0202. The fourth-order valence-electron chi connectivity index (χ4n) is 4.98. The second-order valence-corrected chi connectivity index (χ2v) is 10.2. The first kappa shape index (κ1) is 15.1. The molecular weight excluding hydrogens is 312 g/mol. The molecule has 6 rings (SSSR count). The van der Waals surface area contributed by atoms with Crippen LogP contribution in [0.25, 0.3) is 10.8 Å². The highest BCUT2D eigenvalue weighted by molar-refractivity contribution is 7.97. The van der Waals surface area contributed by atoms with Crippen molar-refractivity contribution in [3.8, 4) is 5.75 Å². The van der Waals surface area contributed by atoms with Gasteiger partial charge >= 0.3 is 0 Å². The van der Waals surface area contributed by atoms with E-state index in [0.29, 0.717) is 17.0 Å². The van der Waals surface area contributed by atoms with E-state index in [2.05, 4.69) is 36.4 Å². The molecule has 2 bridgehead atoms. The summed E-state index contributed by atoms with van der Waals surface area (Å²) in [6.45, 7) is 0. The largest absolute Gasteiger partial charge is 0.490 e. The molecular formula is C22H27OS+. The first-order chi connectivity index (χ1) is 11.8. The zero-order valence-electron chi connectivity index (χ0n) is 14.4. The van der Waals surface area contributed by atoms with Crippen molar-refractivity contribution < 1.29 is 4.74 Å². The Balaban J connectivity index is 1.36. The van der Waals surface area contributed by atoms with Crippen molar-refractivity contribution in [3.63, 3.8) is 0 Å². The summed E-state index contributed by atoms with van der Waals surface area (Å²) in [4.78, 5) is 1.57. The predicted molar refractivity (Wildman–Crippen MR) is 103 cm³/mol. The maximum atomic E-state index is 6.43. The van der Waals surface area contributed by atoms with Crippen LogP contribution in [0.3, 0.4) is 0 Å². The predicted octanol–water partition coefficient (Wildman–Crippen LogP) is 5.57. The smallest absolute Gasteiger partial charge is 0.155 e. The normalized spacial score (nSPS) is 30.1. The Morgan fingerprint density at radius 2 is 1.58 bits per heavy atom. The molecule has 0 amide bonds. The van der Waals surface area contributed by atoms with Crippen LogP contribution in [0.5, 0.6) is 5.75 Å². The third-order valence-electron chi connectivity index (χ3n) is 6.42. The van der Waals surface area contributed by atoms with E-state index in [1.54, 1.807) is 4.90 Å². The summed E-state index contributed by atoms with van der Waals surface area (Å²) >= 11 is 0. The van der Waals surface area contributed by atoms with Crippen molar-refractivity contribution in [2.24, 2.45) is 11.8 Å². The second kappa shape index (κ2) is 6.29. The molecule has 126 valence electrons. The van der Waals surface area contributed by atoms with Crippen LogP contribution in [-0.2, 0) is 10.9 Å². The number of rotatable bonds is 3. The lowest BCUT2D eigenvalue weighted by Crippen LogP contribution is -2.38. The summed E-state index contributed by atoms with van der Waals surface area (Å²) in [6, 6.07) is 13.8. The van der Waals surface area contributed by atoms with Crippen LogP contribution in [0.4, 0.5) is 0 Å². The molecule has 1 saturated heterocycles. The number of benzene rings is 2. The van der Waals surface area contributed by atoms with E-state index in [9.17, 15) is 0 Å². The van der Waals surface area contributed by atoms with Gasteiger partial charge in [0.2, 0.25) is 0 Å². The van der Waals surface area contributed by atoms with Gasteiger partial charge in [-0.05, 0) is 91.8 Å². The molecule has 1 unspecified atom stereocenters. The van der Waals surface area contributed by atoms with Gasteiger partial charge in [0.25, 0.3) is 0 Å². The molecule has 1 nitrogen and oxygen atoms in total. The summed E-state index contributed by atoms with van der Waals surface area (Å²) in [5.41, 5.74) is 0. The van der Waals surface area contributed by atoms with Crippen molar-refractivity contribution in [3.05, 3.63) is 36.4 Å². The van der Waals surface area contributed by atoms with Crippen molar-refractivity contribution in [2.75, 3.05) is 11.5 Å². The van der Waals surface area contributed by atoms with Gasteiger partial charge in [-0.2, -0.15) is 0 Å². The van der Waals surface area contributed by atoms with Crippen LogP contribution in [0.2, 0.25) is 0 Å². The van der Waals surface area contributed by atoms with E-state index >= 15 is 0 Å². The van der Waals surface area contributed by atoms with E-state index in [1.165, 1.54) is 67.2 Å². The fraction of sp³-hybridized carbons (Fsp3) is 0.545. The van der Waals surface area contributed by atoms with Gasteiger partial charge in [-0.3, -0.25) is 0 Å². The molecule has 2 aromatic rings. The summed E-state index contributed by atoms with van der Waals surface area (Å²) < 4.78 is 6.43. The molecule has 0 radical (unpaired) electrons. The Morgan fingerprint density at radius 3 is 2.33 bits per heavy atom. The first-order valence-electron chi connectivity index (χ1n) is 9.73. The number of hydrogen-bond donors (Lipinski definition) is 0. The quantitative estimate of drug-likeness (QED) is 0.664. The third-order valence-corrected chi connectivity index (χ3v) is 8.90. The van der Waals surface area contributed by atoms with Gasteiger partial charge in [0.1, 0.15) is 23.4 Å². The van der Waals surface area contributed by atoms with Gasteiger partial charge in [0.15, 0.2) is 4.90 Å². The minimum absolute atomic E-state index is 0.467. The van der Waals surface area contributed by atoms with Gasteiger partial charge in [0, 0.05) is 17.0 Å². The molecule has 0 spiro atoms. The Bertz CT molecular complexity index is 726. The third kappa shape index (κ3) is 2.83. The average molecular weight is 340 g/mol. The molecule has 3 aliphatic carbocycles. The Kier molecular flexibility index (Phi) is 3.97. The summed E-state index contributed by atoms with van der Waals surface area (Å²) in [5.74, 6) is 5.61. The minimum Gasteiger partial charge on any atom is -0.490 e. The lowest BCUT2D eigenvalue weighted by Gasteiger charge is -2.42. The maximum Gasteiger partial charge on any atom is 0.155 e. The van der Waals surface area contributed by atoms with Crippen LogP contribution in [-0.4, -0.2) is 17.6 Å². The van der Waals surface area contributed by atoms with Crippen molar-refractivity contribution in [2.45, 2.75) is 55.9 Å². The van der Waals surface area contributed by atoms with Crippen molar-refractivity contribution in [1.82, 2.24) is 0 Å². The van der Waals surface area contributed by atoms with Crippen molar-refractivity contribution in [1.29, 1.82) is 0 Å². The van der Waals surface area contributed by atoms with Crippen LogP contribution >= 0.6 is 0 Å². The summed E-state index contributed by atoms with van der Waals surface area (Å²) in [5, 5.41) is 2.71. The Hall–Kier alpha value is -1.15. The number of hydrogen-bond acceptors (Lipinski definition) is 1. The summed E-state index contributed by atoms with van der Waals surface area (Å²) in [6.07, 6.45) is 10.2. The molecule has 0 aromatic heterocycles. The van der Waals surface area contributed by atoms with Crippen LogP contribution in [0, 0.1) is 11.8 Å². The molecule has 3 saturated carbocycles. The molecule has 1 aliphatic heterocycles. The van der Waals surface area contributed by atoms with Crippen LogP contribution in [0.15, 0.2) is 41.3 Å². The first-order valence-corrected chi connectivity index (χ1v) is 11.3. The van der Waals surface area contributed by atoms with Gasteiger partial charge in [0.05, 0.1) is 0 Å². The SMILES string of the molecule is c1cc2cc([S+]3CCCC3)ccc2cc1OC1CC2CCC1CC2. The average Bonchev–Trinajstić information content (AvgIpc) is 3.17. The van der Waals surface area contributed by atoms with E-state index in [-0.39, 0.29) is 0 Å². The fourth-order valence-corrected chi connectivity index (χ4v) is 7.32. The number of ether oxygens (including phenoxy) is 1. The van der Waals surface area contributed by atoms with E-state index < -0.39 is 0 Å². The molecule has 1 atom stereocenters. The minimum atomic E-state index is 0.467. The molecule has 2 heteroatoms. The summed E-state index contributed by atoms with van der Waals surface area (Å²) in [7, 11) is 0.510. The zero-order valence-corrected chi connectivity index (χ0v) is 15.2. The molecule has 4 fully saturated rings. The highest BCUT2D eigenvalue weighted by Crippen LogP contribution is 2.43.